The molecule has 0 bridgehead atoms. The van der Waals surface area contributed by atoms with Crippen LogP contribution in [0.5, 0.6) is 11.5 Å². The number of methoxy groups -OCH3 is 1. The molecule has 20 heavy (non-hydrogen) atoms. The fraction of sp³-hybridized carbons (Fsp3) is 0.429. The van der Waals surface area contributed by atoms with E-state index in [1.165, 1.54) is 7.11 Å². The standard InChI is InChI=1S/C14H17NO5/c1-3-20-11-5-4-8(6-12(11)19-2)15-13(16)9-7-10(9)14(17)18/h4-6,9-10H,3,7H2,1-2H3,(H,15,16)(H,17,18). The Morgan fingerprint density at radius 2 is 2.10 bits per heavy atom. The molecule has 0 aliphatic heterocycles. The van der Waals surface area contributed by atoms with Crippen LogP contribution in [0, 0.1) is 11.8 Å². The molecular formula is C14H17NO5. The molecule has 0 saturated heterocycles. The minimum atomic E-state index is -0.922. The van der Waals surface area contributed by atoms with E-state index >= 15 is 0 Å². The average molecular weight is 279 g/mol. The zero-order valence-corrected chi connectivity index (χ0v) is 11.4. The Kier molecular flexibility index (Phi) is 4.12. The molecule has 0 aromatic heterocycles. The van der Waals surface area contributed by atoms with Gasteiger partial charge in [0.2, 0.25) is 5.91 Å². The number of amides is 1. The molecule has 0 spiro atoms. The van der Waals surface area contributed by atoms with Gasteiger partial charge in [0.05, 0.1) is 25.6 Å². The molecule has 1 aliphatic carbocycles. The third-order valence-corrected chi connectivity index (χ3v) is 3.18. The number of carbonyl (C=O) groups excluding carboxylic acids is 1. The molecule has 1 aromatic rings. The van der Waals surface area contributed by atoms with Crippen LogP contribution in [-0.4, -0.2) is 30.7 Å². The normalized spacial score (nSPS) is 20.1. The van der Waals surface area contributed by atoms with Crippen LogP contribution in [0.3, 0.4) is 0 Å². The smallest absolute Gasteiger partial charge is 0.307 e. The van der Waals surface area contributed by atoms with E-state index in [1.54, 1.807) is 18.2 Å². The van der Waals surface area contributed by atoms with Crippen molar-refractivity contribution in [2.75, 3.05) is 19.0 Å². The molecule has 1 amide bonds. The predicted molar refractivity (Wildman–Crippen MR) is 72.0 cm³/mol. The van der Waals surface area contributed by atoms with Gasteiger partial charge < -0.3 is 19.9 Å². The quantitative estimate of drug-likeness (QED) is 0.828. The maximum absolute atomic E-state index is 11.9. The first kappa shape index (κ1) is 14.2. The highest BCUT2D eigenvalue weighted by atomic mass is 16.5. The van der Waals surface area contributed by atoms with Gasteiger partial charge in [0.1, 0.15) is 0 Å². The summed E-state index contributed by atoms with van der Waals surface area (Å²) < 4.78 is 10.6. The Bertz CT molecular complexity index is 528. The van der Waals surface area contributed by atoms with Crippen LogP contribution in [0.1, 0.15) is 13.3 Å². The van der Waals surface area contributed by atoms with Crippen molar-refractivity contribution < 1.29 is 24.2 Å². The van der Waals surface area contributed by atoms with E-state index in [-0.39, 0.29) is 5.91 Å². The number of nitrogens with one attached hydrogen (secondary N) is 1. The summed E-state index contributed by atoms with van der Waals surface area (Å²) in [6, 6.07) is 5.06. The number of hydrogen-bond donors (Lipinski definition) is 2. The first-order chi connectivity index (χ1) is 9.56. The van der Waals surface area contributed by atoms with Crippen molar-refractivity contribution in [3.63, 3.8) is 0 Å². The molecule has 0 heterocycles. The third kappa shape index (κ3) is 3.01. The maximum Gasteiger partial charge on any atom is 0.307 e. The van der Waals surface area contributed by atoms with E-state index in [1.807, 2.05) is 6.92 Å². The van der Waals surface area contributed by atoms with E-state index in [4.69, 9.17) is 14.6 Å². The molecule has 6 heteroatoms. The number of carbonyl (C=O) groups is 2. The van der Waals surface area contributed by atoms with Crippen LogP contribution in [0.15, 0.2) is 18.2 Å². The summed E-state index contributed by atoms with van der Waals surface area (Å²) in [5.41, 5.74) is 0.561. The lowest BCUT2D eigenvalue weighted by Gasteiger charge is -2.11. The number of rotatable bonds is 6. The van der Waals surface area contributed by atoms with Gasteiger partial charge in [-0.25, -0.2) is 0 Å². The first-order valence-electron chi connectivity index (χ1n) is 6.41. The lowest BCUT2D eigenvalue weighted by molar-refractivity contribution is -0.139. The van der Waals surface area contributed by atoms with Crippen molar-refractivity contribution in [1.82, 2.24) is 0 Å². The number of benzene rings is 1. The third-order valence-electron chi connectivity index (χ3n) is 3.18. The number of hydrogen-bond acceptors (Lipinski definition) is 4. The number of ether oxygens (including phenoxy) is 2. The summed E-state index contributed by atoms with van der Waals surface area (Å²) in [7, 11) is 1.52. The van der Waals surface area contributed by atoms with Crippen LogP contribution < -0.4 is 14.8 Å². The molecule has 1 fully saturated rings. The summed E-state index contributed by atoms with van der Waals surface area (Å²) in [4.78, 5) is 22.6. The van der Waals surface area contributed by atoms with Crippen LogP contribution >= 0.6 is 0 Å². The summed E-state index contributed by atoms with van der Waals surface area (Å²) >= 11 is 0. The fourth-order valence-corrected chi connectivity index (χ4v) is 2.01. The summed E-state index contributed by atoms with van der Waals surface area (Å²) in [6.45, 7) is 2.39. The number of carboxylic acids is 1. The van der Waals surface area contributed by atoms with Crippen LogP contribution in [0.2, 0.25) is 0 Å². The minimum absolute atomic E-state index is 0.274. The molecule has 2 rings (SSSR count). The summed E-state index contributed by atoms with van der Waals surface area (Å²) in [5.74, 6) is -1.07. The molecule has 1 saturated carbocycles. The van der Waals surface area contributed by atoms with Crippen molar-refractivity contribution >= 4 is 17.6 Å². The zero-order chi connectivity index (χ0) is 14.7. The lowest BCUT2D eigenvalue weighted by Crippen LogP contribution is -2.16. The molecule has 2 N–H and O–H groups in total. The van der Waals surface area contributed by atoms with Crippen molar-refractivity contribution in [2.24, 2.45) is 11.8 Å². The van der Waals surface area contributed by atoms with Gasteiger partial charge >= 0.3 is 5.97 Å². The molecule has 2 atom stereocenters. The van der Waals surface area contributed by atoms with E-state index in [9.17, 15) is 9.59 Å². The predicted octanol–water partition coefficient (Wildman–Crippen LogP) is 1.75. The second-order valence-electron chi connectivity index (χ2n) is 4.57. The van der Waals surface area contributed by atoms with Gasteiger partial charge in [-0.2, -0.15) is 0 Å². The first-order valence-corrected chi connectivity index (χ1v) is 6.41. The van der Waals surface area contributed by atoms with Crippen LogP contribution in [-0.2, 0) is 9.59 Å². The largest absolute Gasteiger partial charge is 0.493 e. The Morgan fingerprint density at radius 3 is 2.65 bits per heavy atom. The molecule has 108 valence electrons. The Balaban J connectivity index is 2.03. The van der Waals surface area contributed by atoms with Crippen molar-refractivity contribution in [3.05, 3.63) is 18.2 Å². The molecule has 1 aliphatic rings. The number of aliphatic carboxylic acids is 1. The van der Waals surface area contributed by atoms with E-state index in [0.717, 1.165) is 0 Å². The number of carboxylic acid groups (broad SMARTS) is 1. The highest BCUT2D eigenvalue weighted by Crippen LogP contribution is 2.40. The van der Waals surface area contributed by atoms with E-state index in [0.29, 0.717) is 30.2 Å². The summed E-state index contributed by atoms with van der Waals surface area (Å²) in [6.07, 6.45) is 0.398. The fourth-order valence-electron chi connectivity index (χ4n) is 2.01. The second-order valence-corrected chi connectivity index (χ2v) is 4.57. The zero-order valence-electron chi connectivity index (χ0n) is 11.4. The van der Waals surface area contributed by atoms with Gasteiger partial charge in [-0.3, -0.25) is 9.59 Å². The molecule has 2 unspecified atom stereocenters. The van der Waals surface area contributed by atoms with Gasteiger partial charge in [0.25, 0.3) is 0 Å². The SMILES string of the molecule is CCOc1ccc(NC(=O)C2CC2C(=O)O)cc1OC. The molecule has 6 nitrogen and oxygen atoms in total. The van der Waals surface area contributed by atoms with E-state index < -0.39 is 17.8 Å². The van der Waals surface area contributed by atoms with Crippen LogP contribution in [0.25, 0.3) is 0 Å². The highest BCUT2D eigenvalue weighted by molar-refractivity contribution is 5.98. The average Bonchev–Trinajstić information content (AvgIpc) is 3.21. The Labute approximate surface area is 116 Å². The van der Waals surface area contributed by atoms with Gasteiger partial charge in [-0.1, -0.05) is 0 Å². The van der Waals surface area contributed by atoms with Gasteiger partial charge in [0.15, 0.2) is 11.5 Å². The summed E-state index contributed by atoms with van der Waals surface area (Å²) in [5, 5.41) is 11.5. The molecule has 1 aromatic carbocycles. The molecular weight excluding hydrogens is 262 g/mol. The monoisotopic (exact) mass is 279 g/mol. The second kappa shape index (κ2) is 5.81. The molecule has 0 radical (unpaired) electrons. The number of anilines is 1. The van der Waals surface area contributed by atoms with Crippen molar-refractivity contribution in [3.8, 4) is 11.5 Å². The van der Waals surface area contributed by atoms with Crippen molar-refractivity contribution in [1.29, 1.82) is 0 Å². The maximum atomic E-state index is 11.9. The minimum Gasteiger partial charge on any atom is -0.493 e. The van der Waals surface area contributed by atoms with E-state index in [2.05, 4.69) is 5.32 Å². The van der Waals surface area contributed by atoms with Gasteiger partial charge in [-0.05, 0) is 25.5 Å². The Hall–Kier alpha value is -2.24. The lowest BCUT2D eigenvalue weighted by atomic mass is 10.2. The van der Waals surface area contributed by atoms with Gasteiger partial charge in [0, 0.05) is 11.8 Å². The topological polar surface area (TPSA) is 84.9 Å². The van der Waals surface area contributed by atoms with Gasteiger partial charge in [-0.15, -0.1) is 0 Å². The highest BCUT2D eigenvalue weighted by Gasteiger charge is 2.48. The van der Waals surface area contributed by atoms with Crippen molar-refractivity contribution in [2.45, 2.75) is 13.3 Å². The Morgan fingerprint density at radius 1 is 1.35 bits per heavy atom. The van der Waals surface area contributed by atoms with Crippen LogP contribution in [0.4, 0.5) is 5.69 Å².